The largest absolute Gasteiger partial charge is 0.471 e. The summed E-state index contributed by atoms with van der Waals surface area (Å²) in [5.74, 6) is 0.142. The Labute approximate surface area is 177 Å². The van der Waals surface area contributed by atoms with E-state index in [2.05, 4.69) is 22.4 Å². The fourth-order valence-electron chi connectivity index (χ4n) is 2.66. The van der Waals surface area contributed by atoms with Crippen LogP contribution in [0.5, 0.6) is 5.75 Å². The predicted molar refractivity (Wildman–Crippen MR) is 115 cm³/mol. The maximum absolute atomic E-state index is 12.1. The third-order valence-electron chi connectivity index (χ3n) is 4.18. The van der Waals surface area contributed by atoms with Gasteiger partial charge >= 0.3 is 5.97 Å². The molecule has 30 heavy (non-hydrogen) atoms. The molecule has 150 valence electrons. The Hall–Kier alpha value is -3.91. The maximum atomic E-state index is 12.1. The molecule has 8 heteroatoms. The number of hydrogen-bond acceptors (Lipinski definition) is 6. The quantitative estimate of drug-likeness (QED) is 0.211. The van der Waals surface area contributed by atoms with Crippen LogP contribution in [0.4, 0.5) is 0 Å². The lowest BCUT2D eigenvalue weighted by atomic mass is 10.1. The van der Waals surface area contributed by atoms with E-state index in [0.29, 0.717) is 5.75 Å². The number of hydrogen-bond donors (Lipinski definition) is 1. The Kier molecular flexibility index (Phi) is 5.86. The highest BCUT2D eigenvalue weighted by molar-refractivity contribution is 7.12. The fourth-order valence-corrected chi connectivity index (χ4v) is 3.28. The average Bonchev–Trinajstić information content (AvgIpc) is 3.49. The lowest BCUT2D eigenvalue weighted by molar-refractivity contribution is 0.0507. The van der Waals surface area contributed by atoms with E-state index in [9.17, 15) is 4.79 Å². The molecule has 0 unspecified atom stereocenters. The normalized spacial score (nSPS) is 11.3. The van der Waals surface area contributed by atoms with E-state index in [1.807, 2.05) is 53.9 Å². The van der Waals surface area contributed by atoms with Crippen molar-refractivity contribution in [1.82, 2.24) is 9.78 Å². The van der Waals surface area contributed by atoms with Crippen LogP contribution >= 0.6 is 11.3 Å². The molecule has 0 bridgehead atoms. The summed E-state index contributed by atoms with van der Waals surface area (Å²) in [7, 11) is 0. The Morgan fingerprint density at radius 3 is 2.50 bits per heavy atom. The van der Waals surface area contributed by atoms with Crippen molar-refractivity contribution in [3.63, 3.8) is 0 Å². The molecule has 0 saturated carbocycles. The lowest BCUT2D eigenvalue weighted by Gasteiger charge is -2.07. The van der Waals surface area contributed by atoms with Crippen LogP contribution in [0.2, 0.25) is 0 Å². The second kappa shape index (κ2) is 9.06. The zero-order chi connectivity index (χ0) is 20.8. The molecule has 2 aromatic carbocycles. The van der Waals surface area contributed by atoms with E-state index in [1.54, 1.807) is 12.3 Å². The SMILES string of the molecule is N/C(=N\OC(=O)c1ccn(COc2ccc(-c3ccccc3)cc2)n1)c1cccs1. The maximum Gasteiger partial charge on any atom is 0.385 e. The molecule has 7 nitrogen and oxygen atoms in total. The van der Waals surface area contributed by atoms with Gasteiger partial charge in [-0.1, -0.05) is 53.7 Å². The van der Waals surface area contributed by atoms with E-state index in [4.69, 9.17) is 15.3 Å². The molecule has 2 N–H and O–H groups in total. The van der Waals surface area contributed by atoms with Crippen molar-refractivity contribution in [2.75, 3.05) is 0 Å². The van der Waals surface area contributed by atoms with E-state index in [-0.39, 0.29) is 18.3 Å². The molecule has 4 rings (SSSR count). The number of nitrogens with zero attached hydrogens (tertiary/aromatic N) is 3. The average molecular weight is 418 g/mol. The van der Waals surface area contributed by atoms with Gasteiger partial charge in [0.2, 0.25) is 0 Å². The topological polar surface area (TPSA) is 91.7 Å². The number of carbonyl (C=O) groups excluding carboxylic acids is 1. The second-order valence-electron chi connectivity index (χ2n) is 6.24. The first-order chi connectivity index (χ1) is 14.7. The Morgan fingerprint density at radius 2 is 1.77 bits per heavy atom. The zero-order valence-corrected chi connectivity index (χ0v) is 16.7. The highest BCUT2D eigenvalue weighted by Crippen LogP contribution is 2.22. The van der Waals surface area contributed by atoms with Crippen molar-refractivity contribution < 1.29 is 14.4 Å². The van der Waals surface area contributed by atoms with Gasteiger partial charge in [0, 0.05) is 6.20 Å². The van der Waals surface area contributed by atoms with Gasteiger partial charge in [-0.2, -0.15) is 5.10 Å². The number of carbonyl (C=O) groups is 1. The van der Waals surface area contributed by atoms with Crippen molar-refractivity contribution in [2.45, 2.75) is 6.73 Å². The summed E-state index contributed by atoms with van der Waals surface area (Å²) in [6.45, 7) is 0.151. The molecule has 0 spiro atoms. The van der Waals surface area contributed by atoms with Gasteiger partial charge in [-0.15, -0.1) is 11.3 Å². The van der Waals surface area contributed by atoms with Gasteiger partial charge in [0.05, 0.1) is 4.88 Å². The van der Waals surface area contributed by atoms with Gasteiger partial charge in [-0.25, -0.2) is 9.48 Å². The van der Waals surface area contributed by atoms with Crippen LogP contribution < -0.4 is 10.5 Å². The molecular weight excluding hydrogens is 400 g/mol. The van der Waals surface area contributed by atoms with Crippen LogP contribution in [0, 0.1) is 0 Å². The van der Waals surface area contributed by atoms with Crippen molar-refractivity contribution in [3.8, 4) is 16.9 Å². The minimum absolute atomic E-state index is 0.112. The molecule has 0 aliphatic rings. The van der Waals surface area contributed by atoms with E-state index in [0.717, 1.165) is 16.0 Å². The van der Waals surface area contributed by atoms with Crippen molar-refractivity contribution in [2.24, 2.45) is 10.9 Å². The summed E-state index contributed by atoms with van der Waals surface area (Å²) in [6, 6.07) is 23.0. The van der Waals surface area contributed by atoms with Crippen molar-refractivity contribution >= 4 is 23.1 Å². The van der Waals surface area contributed by atoms with Gasteiger partial charge in [0.1, 0.15) is 5.75 Å². The van der Waals surface area contributed by atoms with Crippen molar-refractivity contribution in [3.05, 3.63) is 94.9 Å². The Bertz CT molecular complexity index is 1140. The number of thiophene rings is 1. The number of nitrogens with two attached hydrogens (primary N) is 1. The second-order valence-corrected chi connectivity index (χ2v) is 7.18. The Morgan fingerprint density at radius 1 is 1.00 bits per heavy atom. The molecule has 4 aromatic rings. The van der Waals surface area contributed by atoms with Crippen LogP contribution in [0.15, 0.2) is 89.5 Å². The first-order valence-electron chi connectivity index (χ1n) is 9.09. The van der Waals surface area contributed by atoms with Gasteiger partial charge in [-0.05, 0) is 40.8 Å². The monoisotopic (exact) mass is 418 g/mol. The van der Waals surface area contributed by atoms with Crippen LogP contribution in [-0.4, -0.2) is 21.6 Å². The van der Waals surface area contributed by atoms with Crippen LogP contribution in [0.3, 0.4) is 0 Å². The number of oxime groups is 1. The summed E-state index contributed by atoms with van der Waals surface area (Å²) in [5.41, 5.74) is 8.13. The number of aromatic nitrogens is 2. The Balaban J connectivity index is 1.32. The summed E-state index contributed by atoms with van der Waals surface area (Å²) < 4.78 is 7.22. The first-order valence-corrected chi connectivity index (χ1v) is 9.97. The van der Waals surface area contributed by atoms with Gasteiger partial charge in [0.25, 0.3) is 0 Å². The summed E-state index contributed by atoms with van der Waals surface area (Å²) in [4.78, 5) is 17.7. The highest BCUT2D eigenvalue weighted by atomic mass is 32.1. The van der Waals surface area contributed by atoms with Crippen LogP contribution in [0.25, 0.3) is 11.1 Å². The summed E-state index contributed by atoms with van der Waals surface area (Å²) in [5, 5.41) is 9.65. The molecular formula is C22H18N4O3S. The first kappa shape index (κ1) is 19.4. The molecule has 0 aliphatic carbocycles. The highest BCUT2D eigenvalue weighted by Gasteiger charge is 2.12. The molecule has 2 heterocycles. The molecule has 0 saturated heterocycles. The van der Waals surface area contributed by atoms with E-state index >= 15 is 0 Å². The van der Waals surface area contributed by atoms with E-state index in [1.165, 1.54) is 22.1 Å². The van der Waals surface area contributed by atoms with Crippen LogP contribution in [0.1, 0.15) is 15.4 Å². The third-order valence-corrected chi connectivity index (χ3v) is 5.07. The van der Waals surface area contributed by atoms with Gasteiger partial charge < -0.3 is 15.3 Å². The fraction of sp³-hybridized carbons (Fsp3) is 0.0455. The summed E-state index contributed by atoms with van der Waals surface area (Å²) in [6.07, 6.45) is 1.63. The third kappa shape index (κ3) is 4.73. The molecule has 0 amide bonds. The molecule has 0 fully saturated rings. The molecule has 0 atom stereocenters. The van der Waals surface area contributed by atoms with Gasteiger partial charge in [0.15, 0.2) is 18.3 Å². The zero-order valence-electron chi connectivity index (χ0n) is 15.8. The van der Waals surface area contributed by atoms with Crippen LogP contribution in [-0.2, 0) is 11.6 Å². The predicted octanol–water partition coefficient (Wildman–Crippen LogP) is 4.13. The number of ether oxygens (including phenoxy) is 1. The standard InChI is InChI=1S/C22H18N4O3S/c23-21(20-7-4-14-30-20)25-29-22(27)19-12-13-26(24-19)15-28-18-10-8-17(9-11-18)16-5-2-1-3-6-16/h1-14H,15H2,(H2,23,25). The van der Waals surface area contributed by atoms with E-state index < -0.39 is 5.97 Å². The summed E-state index contributed by atoms with van der Waals surface area (Å²) >= 11 is 1.40. The lowest BCUT2D eigenvalue weighted by Crippen LogP contribution is -2.14. The van der Waals surface area contributed by atoms with Crippen molar-refractivity contribution in [1.29, 1.82) is 0 Å². The molecule has 0 radical (unpaired) electrons. The molecule has 0 aliphatic heterocycles. The number of amidine groups is 1. The van der Waals surface area contributed by atoms with Gasteiger partial charge in [-0.3, -0.25) is 0 Å². The number of rotatable bonds is 7. The minimum atomic E-state index is -0.694. The minimum Gasteiger partial charge on any atom is -0.471 e. The number of benzene rings is 2. The smallest absolute Gasteiger partial charge is 0.385 e. The molecule has 2 aromatic heterocycles.